The Bertz CT molecular complexity index is 468. The van der Waals surface area contributed by atoms with Crippen molar-refractivity contribution in [2.24, 2.45) is 0 Å². The standard InChI is InChI=1S/C13H15N3O2/c17-13(15-7-9-16-8-6-14-11-16)18-10-12-4-2-1-3-5-12/h1-6,8,11H,7,9-10H2,(H,15,17). The average Bonchev–Trinajstić information content (AvgIpc) is 2.91. The smallest absolute Gasteiger partial charge is 0.407 e. The van der Waals surface area contributed by atoms with Crippen LogP contribution in [0.2, 0.25) is 0 Å². The van der Waals surface area contributed by atoms with Gasteiger partial charge in [0, 0.05) is 25.5 Å². The molecule has 5 nitrogen and oxygen atoms in total. The largest absolute Gasteiger partial charge is 0.445 e. The molecule has 0 spiro atoms. The molecule has 2 aromatic rings. The number of nitrogens with one attached hydrogen (secondary N) is 1. The SMILES string of the molecule is O=C(NCCn1ccnc1)OCc1ccccc1. The molecule has 0 saturated carbocycles. The topological polar surface area (TPSA) is 56.2 Å². The minimum Gasteiger partial charge on any atom is -0.445 e. The molecule has 1 N–H and O–H groups in total. The maximum absolute atomic E-state index is 11.4. The van der Waals surface area contributed by atoms with Crippen molar-refractivity contribution in [3.05, 3.63) is 54.6 Å². The highest BCUT2D eigenvalue weighted by Crippen LogP contribution is 2.00. The van der Waals surface area contributed by atoms with Crippen LogP contribution in [-0.2, 0) is 17.9 Å². The fourth-order valence-corrected chi connectivity index (χ4v) is 1.48. The zero-order valence-corrected chi connectivity index (χ0v) is 9.95. The molecule has 0 aliphatic heterocycles. The van der Waals surface area contributed by atoms with Crippen LogP contribution in [0.3, 0.4) is 0 Å². The highest BCUT2D eigenvalue weighted by molar-refractivity contribution is 5.67. The molecule has 0 fully saturated rings. The van der Waals surface area contributed by atoms with Crippen LogP contribution in [0.1, 0.15) is 5.56 Å². The Balaban J connectivity index is 1.63. The number of amides is 1. The van der Waals surface area contributed by atoms with Gasteiger partial charge in [0.15, 0.2) is 0 Å². The van der Waals surface area contributed by atoms with Crippen LogP contribution in [0, 0.1) is 0 Å². The molecule has 1 aromatic heterocycles. The zero-order valence-electron chi connectivity index (χ0n) is 9.95. The molecule has 0 unspecified atom stereocenters. The number of benzene rings is 1. The minimum absolute atomic E-state index is 0.289. The predicted molar refractivity (Wildman–Crippen MR) is 66.9 cm³/mol. The Morgan fingerprint density at radius 3 is 2.89 bits per heavy atom. The number of alkyl carbamates (subject to hydrolysis) is 1. The van der Waals surface area contributed by atoms with Crippen LogP contribution in [0.5, 0.6) is 0 Å². The van der Waals surface area contributed by atoms with E-state index < -0.39 is 6.09 Å². The lowest BCUT2D eigenvalue weighted by Crippen LogP contribution is -2.27. The van der Waals surface area contributed by atoms with E-state index in [4.69, 9.17) is 4.74 Å². The van der Waals surface area contributed by atoms with E-state index in [1.54, 1.807) is 12.5 Å². The molecule has 5 heteroatoms. The lowest BCUT2D eigenvalue weighted by atomic mass is 10.2. The first kappa shape index (κ1) is 12.2. The van der Waals surface area contributed by atoms with E-state index in [1.165, 1.54) is 0 Å². The van der Waals surface area contributed by atoms with Crippen LogP contribution in [0.25, 0.3) is 0 Å². The number of imidazole rings is 1. The van der Waals surface area contributed by atoms with E-state index in [2.05, 4.69) is 10.3 Å². The van der Waals surface area contributed by atoms with Gasteiger partial charge in [-0.2, -0.15) is 0 Å². The molecule has 1 amide bonds. The van der Waals surface area contributed by atoms with Gasteiger partial charge < -0.3 is 14.6 Å². The molecule has 0 aliphatic carbocycles. The van der Waals surface area contributed by atoms with E-state index in [-0.39, 0.29) is 6.61 Å². The van der Waals surface area contributed by atoms with Gasteiger partial charge in [0.05, 0.1) is 6.33 Å². The summed E-state index contributed by atoms with van der Waals surface area (Å²) in [6.07, 6.45) is 4.85. The number of hydrogen-bond donors (Lipinski definition) is 1. The molecule has 94 valence electrons. The highest BCUT2D eigenvalue weighted by Gasteiger charge is 2.01. The summed E-state index contributed by atoms with van der Waals surface area (Å²) in [5.41, 5.74) is 0.974. The van der Waals surface area contributed by atoms with Crippen LogP contribution in [-0.4, -0.2) is 22.2 Å². The third kappa shape index (κ3) is 3.93. The molecule has 18 heavy (non-hydrogen) atoms. The lowest BCUT2D eigenvalue weighted by Gasteiger charge is -2.07. The molecule has 0 atom stereocenters. The van der Waals surface area contributed by atoms with E-state index in [0.29, 0.717) is 13.1 Å². The highest BCUT2D eigenvalue weighted by atomic mass is 16.5. The molecule has 0 bridgehead atoms. The summed E-state index contributed by atoms with van der Waals surface area (Å²) in [5, 5.41) is 2.68. The second-order valence-corrected chi connectivity index (χ2v) is 3.79. The van der Waals surface area contributed by atoms with Crippen molar-refractivity contribution < 1.29 is 9.53 Å². The van der Waals surface area contributed by atoms with E-state index in [9.17, 15) is 4.79 Å². The quantitative estimate of drug-likeness (QED) is 0.874. The summed E-state index contributed by atoms with van der Waals surface area (Å²) in [5.74, 6) is 0. The van der Waals surface area contributed by atoms with Crippen LogP contribution in [0.15, 0.2) is 49.1 Å². The van der Waals surface area contributed by atoms with Crippen LogP contribution >= 0.6 is 0 Å². The monoisotopic (exact) mass is 245 g/mol. The summed E-state index contributed by atoms with van der Waals surface area (Å²) in [4.78, 5) is 15.3. The second-order valence-electron chi connectivity index (χ2n) is 3.79. The van der Waals surface area contributed by atoms with E-state index in [1.807, 2.05) is 41.1 Å². The van der Waals surface area contributed by atoms with Crippen molar-refractivity contribution in [2.75, 3.05) is 6.54 Å². The molecular formula is C13H15N3O2. The van der Waals surface area contributed by atoms with Crippen molar-refractivity contribution in [1.82, 2.24) is 14.9 Å². The number of aromatic nitrogens is 2. The number of ether oxygens (including phenoxy) is 1. The van der Waals surface area contributed by atoms with Gasteiger partial charge in [-0.15, -0.1) is 0 Å². The second kappa shape index (κ2) is 6.44. The van der Waals surface area contributed by atoms with Crippen molar-refractivity contribution >= 4 is 6.09 Å². The molecule has 0 aliphatic rings. The molecule has 2 rings (SSSR count). The first-order valence-electron chi connectivity index (χ1n) is 5.75. The lowest BCUT2D eigenvalue weighted by molar-refractivity contribution is 0.139. The first-order chi connectivity index (χ1) is 8.84. The van der Waals surface area contributed by atoms with Crippen molar-refractivity contribution in [2.45, 2.75) is 13.2 Å². The van der Waals surface area contributed by atoms with Crippen molar-refractivity contribution in [3.63, 3.8) is 0 Å². The third-order valence-electron chi connectivity index (χ3n) is 2.41. The summed E-state index contributed by atoms with van der Waals surface area (Å²) >= 11 is 0. The van der Waals surface area contributed by atoms with Gasteiger partial charge in [0.1, 0.15) is 6.61 Å². The van der Waals surface area contributed by atoms with Crippen molar-refractivity contribution in [1.29, 1.82) is 0 Å². The Kier molecular flexibility index (Phi) is 4.35. The summed E-state index contributed by atoms with van der Waals surface area (Å²) in [6, 6.07) is 9.58. The molecule has 0 radical (unpaired) electrons. The van der Waals surface area contributed by atoms with E-state index in [0.717, 1.165) is 5.56 Å². The normalized spacial score (nSPS) is 10.0. The summed E-state index contributed by atoms with van der Waals surface area (Å²) < 4.78 is 6.96. The van der Waals surface area contributed by atoms with Crippen LogP contribution < -0.4 is 5.32 Å². The zero-order chi connectivity index (χ0) is 12.6. The molecule has 1 aromatic carbocycles. The maximum atomic E-state index is 11.4. The van der Waals surface area contributed by atoms with Gasteiger partial charge >= 0.3 is 6.09 Å². The Morgan fingerprint density at radius 2 is 2.17 bits per heavy atom. The Morgan fingerprint density at radius 1 is 1.33 bits per heavy atom. The summed E-state index contributed by atoms with van der Waals surface area (Å²) in [6.45, 7) is 1.49. The van der Waals surface area contributed by atoms with Gasteiger partial charge in [-0.1, -0.05) is 30.3 Å². The van der Waals surface area contributed by atoms with Gasteiger partial charge in [-0.25, -0.2) is 9.78 Å². The maximum Gasteiger partial charge on any atom is 0.407 e. The van der Waals surface area contributed by atoms with Crippen LogP contribution in [0.4, 0.5) is 4.79 Å². The number of carbonyl (C=O) groups excluding carboxylic acids is 1. The number of carbonyl (C=O) groups is 1. The number of rotatable bonds is 5. The molecule has 1 heterocycles. The predicted octanol–water partition coefficient (Wildman–Crippen LogP) is 1.81. The average molecular weight is 245 g/mol. The first-order valence-corrected chi connectivity index (χ1v) is 5.75. The van der Waals surface area contributed by atoms with Gasteiger partial charge in [0.25, 0.3) is 0 Å². The van der Waals surface area contributed by atoms with Gasteiger partial charge in [0.2, 0.25) is 0 Å². The van der Waals surface area contributed by atoms with Gasteiger partial charge in [-0.3, -0.25) is 0 Å². The fourth-order valence-electron chi connectivity index (χ4n) is 1.48. The van der Waals surface area contributed by atoms with Crippen molar-refractivity contribution in [3.8, 4) is 0 Å². The van der Waals surface area contributed by atoms with Gasteiger partial charge in [-0.05, 0) is 5.56 Å². The summed E-state index contributed by atoms with van der Waals surface area (Å²) in [7, 11) is 0. The Labute approximate surface area is 105 Å². The Hall–Kier alpha value is -2.30. The third-order valence-corrected chi connectivity index (χ3v) is 2.41. The number of hydrogen-bond acceptors (Lipinski definition) is 3. The fraction of sp³-hybridized carbons (Fsp3) is 0.231. The molecule has 0 saturated heterocycles. The van der Waals surface area contributed by atoms with E-state index >= 15 is 0 Å². The minimum atomic E-state index is -0.404. The number of nitrogens with zero attached hydrogens (tertiary/aromatic N) is 2. The molecular weight excluding hydrogens is 230 g/mol.